The van der Waals surface area contributed by atoms with Crippen molar-refractivity contribution in [2.24, 2.45) is 0 Å². The molecular weight excluding hydrogens is 1470 g/mol. The third kappa shape index (κ3) is 10.3. The molecule has 530 valence electrons. The molecule has 0 bridgehead atoms. The Morgan fingerprint density at radius 1 is 0.167 bits per heavy atom. The van der Waals surface area contributed by atoms with Gasteiger partial charge in [-0.05, 0) is 340 Å². The first-order valence-corrected chi connectivity index (χ1v) is 45.2. The number of hydrogen-bond acceptors (Lipinski definition) is 12. The molecule has 0 N–H and O–H groups in total. The molecule has 0 aliphatic rings. The molecule has 12 aromatic carbocycles. The number of aryl methyl sites for hydroxylation is 8. The normalized spacial score (nSPS) is 12.2. The van der Waals surface area contributed by atoms with Gasteiger partial charge < -0.3 is 19.6 Å². The molecule has 0 aliphatic heterocycles. The number of benzene rings is 12. The molecule has 0 atom stereocenters. The molecule has 4 nitrogen and oxygen atoms in total. The summed E-state index contributed by atoms with van der Waals surface area (Å²) in [6, 6.07) is 73.5. The summed E-state index contributed by atoms with van der Waals surface area (Å²) in [5, 5.41) is 36.2. The Balaban J connectivity index is 1.03. The minimum atomic E-state index is 0.855. The quantitative estimate of drug-likeness (QED) is 0.0705. The lowest BCUT2D eigenvalue weighted by molar-refractivity contribution is 1.10. The highest BCUT2D eigenvalue weighted by Gasteiger charge is 2.35. The van der Waals surface area contributed by atoms with E-state index >= 15 is 0 Å². The summed E-state index contributed by atoms with van der Waals surface area (Å²) in [6.45, 7) is 19.0. The summed E-state index contributed by atoms with van der Waals surface area (Å²) >= 11 is 14.7. The Labute approximate surface area is 661 Å². The van der Waals surface area contributed by atoms with E-state index in [0.29, 0.717) is 0 Å². The molecule has 0 saturated carbocycles. The fourth-order valence-electron chi connectivity index (χ4n) is 18.6. The van der Waals surface area contributed by atoms with Gasteiger partial charge in [0.05, 0.1) is 68.2 Å². The van der Waals surface area contributed by atoms with Gasteiger partial charge >= 0.3 is 0 Å². The number of nitrogens with zero attached hydrogens (tertiary/aromatic N) is 4. The zero-order valence-corrected chi connectivity index (χ0v) is 68.2. The fraction of sp³-hybridized carbons (Fsp3) is 0.167. The topological polar surface area (TPSA) is 13.0 Å². The van der Waals surface area contributed by atoms with Crippen molar-refractivity contribution in [2.45, 2.75) is 107 Å². The van der Waals surface area contributed by atoms with Crippen molar-refractivity contribution in [1.29, 1.82) is 0 Å². The van der Waals surface area contributed by atoms with Gasteiger partial charge in [0.25, 0.3) is 0 Å². The molecule has 0 radical (unpaired) electrons. The summed E-state index contributed by atoms with van der Waals surface area (Å²) in [5.74, 6) is 0. The van der Waals surface area contributed by atoms with Crippen molar-refractivity contribution in [3.8, 4) is 0 Å². The molecule has 8 aromatic heterocycles. The molecule has 0 unspecified atom stereocenters. The average Bonchev–Trinajstić information content (AvgIpc) is 0.769. The Morgan fingerprint density at radius 2 is 0.315 bits per heavy atom. The molecule has 0 fully saturated rings. The van der Waals surface area contributed by atoms with Crippen molar-refractivity contribution in [1.82, 2.24) is 0 Å². The van der Waals surface area contributed by atoms with E-state index in [0.717, 1.165) is 74.1 Å². The fourth-order valence-corrected chi connectivity index (χ4v) is 25.1. The van der Waals surface area contributed by atoms with E-state index in [1.54, 1.807) is 0 Å². The minimum absolute atomic E-state index is 0.855. The van der Waals surface area contributed by atoms with E-state index in [1.165, 1.54) is 203 Å². The van der Waals surface area contributed by atoms with Crippen molar-refractivity contribution >= 4 is 272 Å². The molecule has 0 spiro atoms. The molecular formula is C96H78N4S8. The minimum Gasteiger partial charge on any atom is -0.309 e. The molecule has 0 aliphatic carbocycles. The van der Waals surface area contributed by atoms with Gasteiger partial charge in [0, 0.05) is 69.9 Å². The van der Waals surface area contributed by atoms with E-state index in [9.17, 15) is 0 Å². The van der Waals surface area contributed by atoms with Crippen LogP contribution >= 0.6 is 90.7 Å². The van der Waals surface area contributed by atoms with Crippen LogP contribution in [0.15, 0.2) is 225 Å². The van der Waals surface area contributed by atoms with Crippen molar-refractivity contribution < 1.29 is 0 Å². The van der Waals surface area contributed by atoms with Crippen LogP contribution < -0.4 is 19.6 Å². The lowest BCUT2D eigenvalue weighted by atomic mass is 9.88. The van der Waals surface area contributed by atoms with Gasteiger partial charge in [-0.15, -0.1) is 90.7 Å². The average molecular weight is 1540 g/mol. The maximum absolute atomic E-state index is 2.74. The molecule has 20 aromatic rings. The Hall–Kier alpha value is -9.44. The summed E-state index contributed by atoms with van der Waals surface area (Å²) in [6.07, 6.45) is 6.84. The zero-order chi connectivity index (χ0) is 72.7. The number of hydrogen-bond donors (Lipinski definition) is 0. The molecule has 0 saturated heterocycles. The maximum Gasteiger partial charge on any atom is 0.0561 e. The third-order valence-electron chi connectivity index (χ3n) is 23.3. The lowest BCUT2D eigenvalue weighted by Gasteiger charge is -2.37. The van der Waals surface area contributed by atoms with Gasteiger partial charge in [-0.2, -0.15) is 0 Å². The van der Waals surface area contributed by atoms with Crippen LogP contribution in [0.4, 0.5) is 68.2 Å². The van der Waals surface area contributed by atoms with Gasteiger partial charge in [0.15, 0.2) is 0 Å². The SMILES string of the molecule is CCc1c(N(c2ccc3sccc3c2CC)c2cc(N(c3ccc4sccc4c3CC)c3ccc4sccc4c3CC)c3ccc4c(N(c5ccc6sccc6c5CC)c5ccc6sccc6c5CC)cc(N(c5ccc6sccc6c5CC)c5ccc6sccc6c5CC)c5ccc2c3c54)ccc2sccc12. The van der Waals surface area contributed by atoms with Crippen LogP contribution in [0.3, 0.4) is 0 Å². The van der Waals surface area contributed by atoms with Crippen LogP contribution in [-0.2, 0) is 51.4 Å². The first-order valence-electron chi connectivity index (χ1n) is 38.2. The molecule has 0 amide bonds. The van der Waals surface area contributed by atoms with E-state index in [1.807, 2.05) is 90.7 Å². The smallest absolute Gasteiger partial charge is 0.0561 e. The highest BCUT2D eigenvalue weighted by molar-refractivity contribution is 7.19. The van der Waals surface area contributed by atoms with Crippen molar-refractivity contribution in [3.63, 3.8) is 0 Å². The van der Waals surface area contributed by atoms with Gasteiger partial charge in [-0.1, -0.05) is 79.7 Å². The van der Waals surface area contributed by atoms with Crippen LogP contribution in [-0.4, -0.2) is 0 Å². The van der Waals surface area contributed by atoms with Crippen LogP contribution in [0.2, 0.25) is 0 Å². The monoisotopic (exact) mass is 1540 g/mol. The van der Waals surface area contributed by atoms with E-state index in [4.69, 9.17) is 0 Å². The second-order valence-electron chi connectivity index (χ2n) is 28.2. The first kappa shape index (κ1) is 67.9. The predicted molar refractivity (Wildman–Crippen MR) is 487 cm³/mol. The molecule has 108 heavy (non-hydrogen) atoms. The summed E-state index contributed by atoms with van der Waals surface area (Å²) in [5.41, 5.74) is 25.0. The number of anilines is 12. The summed E-state index contributed by atoms with van der Waals surface area (Å²) in [4.78, 5) is 11.0. The van der Waals surface area contributed by atoms with E-state index in [-0.39, 0.29) is 0 Å². The molecule has 20 rings (SSSR count). The maximum atomic E-state index is 2.74. The van der Waals surface area contributed by atoms with Crippen LogP contribution in [0.5, 0.6) is 0 Å². The van der Waals surface area contributed by atoms with Gasteiger partial charge in [-0.25, -0.2) is 0 Å². The van der Waals surface area contributed by atoms with E-state index < -0.39 is 0 Å². The van der Waals surface area contributed by atoms with Crippen LogP contribution in [0.1, 0.15) is 99.9 Å². The second kappa shape index (κ2) is 27.3. The largest absolute Gasteiger partial charge is 0.309 e. The summed E-state index contributed by atoms with van der Waals surface area (Å²) < 4.78 is 10.5. The van der Waals surface area contributed by atoms with Gasteiger partial charge in [0.1, 0.15) is 0 Å². The van der Waals surface area contributed by atoms with Crippen molar-refractivity contribution in [2.75, 3.05) is 19.6 Å². The second-order valence-corrected chi connectivity index (χ2v) is 35.8. The van der Waals surface area contributed by atoms with Crippen LogP contribution in [0.25, 0.3) is 113 Å². The lowest BCUT2D eigenvalue weighted by Crippen LogP contribution is -2.19. The highest BCUT2D eigenvalue weighted by atomic mass is 32.1. The Kier molecular flexibility index (Phi) is 17.2. The number of thiophene rings is 8. The molecule has 8 heterocycles. The zero-order valence-electron chi connectivity index (χ0n) is 61.7. The van der Waals surface area contributed by atoms with E-state index in [2.05, 4.69) is 300 Å². The summed E-state index contributed by atoms with van der Waals surface area (Å²) in [7, 11) is 0. The number of fused-ring (bicyclic) bond motifs is 8. The third-order valence-corrected chi connectivity index (χ3v) is 30.4. The Bertz CT molecular complexity index is 5790. The molecule has 12 heteroatoms. The Morgan fingerprint density at radius 3 is 0.454 bits per heavy atom. The first-order chi connectivity index (χ1) is 53.3. The van der Waals surface area contributed by atoms with Gasteiger partial charge in [0.2, 0.25) is 0 Å². The predicted octanol–water partition coefficient (Wildman–Crippen LogP) is 32.7. The standard InChI is InChI=1S/C96H78N4S8/c1-9-55-63-37-45-101-87(63)29-21-75(55)97(76-22-30-88-64(38-46-102-88)56(76)10-2)83-53-84(98(77-23-31-89-65(39-47-103-89)57(77)11-3)78-24-32-90-66(40-48-104-90)58(78)12-4)72-19-20-74-86(100(81-27-35-93-69(43-51-107-93)61(81)15-7)82-28-36-94-70(44-52-108-94)62(82)16-8)54-85(73-18-17-71(83)95(72)96(73)74)99(79-25-33-91-67(41-49-105-91)59(79)13-5)80-26-34-92-68(42-50-106-92)60(80)14-6/h17-54H,9-16H2,1-8H3. The highest BCUT2D eigenvalue weighted by Crippen LogP contribution is 2.59. The number of rotatable bonds is 20. The van der Waals surface area contributed by atoms with Crippen LogP contribution in [0, 0.1) is 0 Å². The van der Waals surface area contributed by atoms with Gasteiger partial charge in [-0.3, -0.25) is 0 Å². The van der Waals surface area contributed by atoms with Crippen molar-refractivity contribution in [3.05, 3.63) is 270 Å².